The fraction of sp³-hybridized carbons (Fsp3) is 0.143. The second-order valence-corrected chi connectivity index (χ2v) is 2.33. The second-order valence-electron chi connectivity index (χ2n) is 1.65. The van der Waals surface area contributed by atoms with Gasteiger partial charge in [0.1, 0.15) is 0 Å². The lowest BCUT2D eigenvalue weighted by atomic mass is 10.2. The molecular formula is C7H5Cl2. The van der Waals surface area contributed by atoms with Crippen molar-refractivity contribution in [2.75, 3.05) is 0 Å². The van der Waals surface area contributed by atoms with Gasteiger partial charge in [0.15, 0.2) is 0 Å². The van der Waals surface area contributed by atoms with Gasteiger partial charge in [0, 0.05) is 10.9 Å². The zero-order valence-electron chi connectivity index (χ0n) is 4.70. The van der Waals surface area contributed by atoms with E-state index in [0.29, 0.717) is 10.9 Å². The van der Waals surface area contributed by atoms with Crippen LogP contribution in [-0.2, 0) is 5.88 Å². The average Bonchev–Trinajstić information content (AvgIpc) is 1.89. The molecule has 9 heavy (non-hydrogen) atoms. The Morgan fingerprint density at radius 3 is 2.78 bits per heavy atom. The zero-order chi connectivity index (χ0) is 6.69. The molecule has 0 N–H and O–H groups in total. The highest BCUT2D eigenvalue weighted by molar-refractivity contribution is 6.32. The molecule has 1 aromatic rings. The second kappa shape index (κ2) is 3.09. The van der Waals surface area contributed by atoms with E-state index in [2.05, 4.69) is 6.07 Å². The first-order valence-electron chi connectivity index (χ1n) is 2.55. The van der Waals surface area contributed by atoms with Crippen molar-refractivity contribution in [2.45, 2.75) is 5.88 Å². The Bertz CT molecular complexity index is 196. The van der Waals surface area contributed by atoms with E-state index in [9.17, 15) is 0 Å². The van der Waals surface area contributed by atoms with E-state index in [1.807, 2.05) is 6.07 Å². The third-order valence-corrected chi connectivity index (χ3v) is 1.68. The van der Waals surface area contributed by atoms with Crippen LogP contribution in [0.5, 0.6) is 0 Å². The van der Waals surface area contributed by atoms with Crippen molar-refractivity contribution < 1.29 is 0 Å². The summed E-state index contributed by atoms with van der Waals surface area (Å²) >= 11 is 11.2. The van der Waals surface area contributed by atoms with Crippen molar-refractivity contribution in [3.05, 3.63) is 34.9 Å². The van der Waals surface area contributed by atoms with E-state index >= 15 is 0 Å². The van der Waals surface area contributed by atoms with E-state index in [-0.39, 0.29) is 0 Å². The van der Waals surface area contributed by atoms with Gasteiger partial charge in [0.25, 0.3) is 0 Å². The summed E-state index contributed by atoms with van der Waals surface area (Å²) in [5, 5.41) is 0.688. The van der Waals surface area contributed by atoms with Gasteiger partial charge >= 0.3 is 0 Å². The average molecular weight is 160 g/mol. The molecule has 1 radical (unpaired) electrons. The van der Waals surface area contributed by atoms with Gasteiger partial charge in [-0.05, 0) is 17.7 Å². The lowest BCUT2D eigenvalue weighted by Gasteiger charge is -1.94. The minimum absolute atomic E-state index is 0.466. The smallest absolute Gasteiger partial charge is 0.0488 e. The summed E-state index contributed by atoms with van der Waals surface area (Å²) in [6.45, 7) is 0. The molecule has 0 atom stereocenters. The van der Waals surface area contributed by atoms with Crippen molar-refractivity contribution in [3.63, 3.8) is 0 Å². The molecule has 0 aliphatic heterocycles. The molecule has 1 aromatic carbocycles. The van der Waals surface area contributed by atoms with Gasteiger partial charge in [-0.2, -0.15) is 0 Å². The molecule has 0 bridgehead atoms. The molecule has 0 saturated carbocycles. The molecule has 0 fully saturated rings. The lowest BCUT2D eigenvalue weighted by molar-refractivity contribution is 1.40. The van der Waals surface area contributed by atoms with Crippen molar-refractivity contribution in [1.82, 2.24) is 0 Å². The molecule has 2 heteroatoms. The summed E-state index contributed by atoms with van der Waals surface area (Å²) in [5.74, 6) is 0.466. The molecule has 0 spiro atoms. The number of halogens is 2. The quantitative estimate of drug-likeness (QED) is 0.554. The Labute approximate surface area is 64.4 Å². The minimum atomic E-state index is 0.466. The van der Waals surface area contributed by atoms with Crippen LogP contribution in [0.2, 0.25) is 5.02 Å². The Kier molecular flexibility index (Phi) is 2.38. The number of benzene rings is 1. The molecule has 0 saturated heterocycles. The monoisotopic (exact) mass is 159 g/mol. The van der Waals surface area contributed by atoms with Crippen LogP contribution in [-0.4, -0.2) is 0 Å². The zero-order valence-corrected chi connectivity index (χ0v) is 6.21. The molecule has 0 amide bonds. The summed E-state index contributed by atoms with van der Waals surface area (Å²) in [6.07, 6.45) is 0. The molecule has 0 unspecified atom stereocenters. The van der Waals surface area contributed by atoms with E-state index in [4.69, 9.17) is 23.2 Å². The van der Waals surface area contributed by atoms with Crippen molar-refractivity contribution in [1.29, 1.82) is 0 Å². The molecule has 1 rings (SSSR count). The maximum Gasteiger partial charge on any atom is 0.0488 e. The largest absolute Gasteiger partial charge is 0.121 e. The molecular weight excluding hydrogens is 155 g/mol. The van der Waals surface area contributed by atoms with Crippen LogP contribution in [0.25, 0.3) is 0 Å². The van der Waals surface area contributed by atoms with Gasteiger partial charge in [-0.1, -0.05) is 23.7 Å². The van der Waals surface area contributed by atoms with E-state index < -0.39 is 0 Å². The fourth-order valence-electron chi connectivity index (χ4n) is 0.551. The summed E-state index contributed by atoms with van der Waals surface area (Å²) in [4.78, 5) is 0. The van der Waals surface area contributed by atoms with Gasteiger partial charge in [-0.15, -0.1) is 11.6 Å². The van der Waals surface area contributed by atoms with Crippen molar-refractivity contribution in [3.8, 4) is 0 Å². The molecule has 0 aliphatic carbocycles. The van der Waals surface area contributed by atoms with Crippen LogP contribution in [0, 0.1) is 6.07 Å². The van der Waals surface area contributed by atoms with Crippen LogP contribution in [0.3, 0.4) is 0 Å². The number of alkyl halides is 1. The van der Waals surface area contributed by atoms with E-state index in [1.165, 1.54) is 0 Å². The summed E-state index contributed by atoms with van der Waals surface area (Å²) in [7, 11) is 0. The third-order valence-electron chi connectivity index (χ3n) is 1.04. The first-order chi connectivity index (χ1) is 4.34. The highest BCUT2D eigenvalue weighted by atomic mass is 35.5. The Hall–Kier alpha value is -0.200. The van der Waals surface area contributed by atoms with Crippen LogP contribution in [0.4, 0.5) is 0 Å². The van der Waals surface area contributed by atoms with Gasteiger partial charge in [0.05, 0.1) is 0 Å². The minimum Gasteiger partial charge on any atom is -0.121 e. The molecule has 0 aliphatic rings. The van der Waals surface area contributed by atoms with Gasteiger partial charge in [0.2, 0.25) is 0 Å². The fourth-order valence-corrected chi connectivity index (χ4v) is 1.04. The van der Waals surface area contributed by atoms with Gasteiger partial charge < -0.3 is 0 Å². The lowest BCUT2D eigenvalue weighted by Crippen LogP contribution is -1.76. The highest BCUT2D eigenvalue weighted by Gasteiger charge is 1.93. The van der Waals surface area contributed by atoms with Crippen LogP contribution in [0.15, 0.2) is 18.2 Å². The first kappa shape index (κ1) is 6.91. The van der Waals surface area contributed by atoms with Crippen LogP contribution >= 0.6 is 23.2 Å². The maximum atomic E-state index is 5.71. The molecule has 0 aromatic heterocycles. The standard InChI is InChI=1S/C7H5Cl2/c8-5-6-3-1-2-4-7(6)9/h1,3-4H,5H2. The summed E-state index contributed by atoms with van der Waals surface area (Å²) < 4.78 is 0. The number of hydrogen-bond acceptors (Lipinski definition) is 0. The van der Waals surface area contributed by atoms with Crippen molar-refractivity contribution in [2.24, 2.45) is 0 Å². The highest BCUT2D eigenvalue weighted by Crippen LogP contribution is 2.15. The third kappa shape index (κ3) is 1.60. The van der Waals surface area contributed by atoms with Gasteiger partial charge in [-0.3, -0.25) is 0 Å². The Morgan fingerprint density at radius 1 is 1.56 bits per heavy atom. The predicted octanol–water partition coefficient (Wildman–Crippen LogP) is 2.88. The van der Waals surface area contributed by atoms with Crippen LogP contribution < -0.4 is 0 Å². The molecule has 0 nitrogen and oxygen atoms in total. The summed E-state index contributed by atoms with van der Waals surface area (Å²) in [6, 6.07) is 8.20. The van der Waals surface area contributed by atoms with E-state index in [0.717, 1.165) is 5.56 Å². The number of rotatable bonds is 1. The summed E-state index contributed by atoms with van der Waals surface area (Å²) in [5.41, 5.74) is 0.956. The van der Waals surface area contributed by atoms with Gasteiger partial charge in [-0.25, -0.2) is 0 Å². The van der Waals surface area contributed by atoms with Crippen LogP contribution in [0.1, 0.15) is 5.56 Å². The molecule has 47 valence electrons. The maximum absolute atomic E-state index is 5.71. The SMILES string of the molecule is ClCc1cc[c]cc1Cl. The molecule has 0 heterocycles. The Morgan fingerprint density at radius 2 is 2.33 bits per heavy atom. The van der Waals surface area contributed by atoms with Crippen molar-refractivity contribution >= 4 is 23.2 Å². The normalized spacial score (nSPS) is 9.56. The topological polar surface area (TPSA) is 0 Å². The first-order valence-corrected chi connectivity index (χ1v) is 3.46. The van der Waals surface area contributed by atoms with E-state index in [1.54, 1.807) is 12.1 Å². The predicted molar refractivity (Wildman–Crippen MR) is 39.8 cm³/mol. The Balaban J connectivity index is 3.01. The number of hydrogen-bond donors (Lipinski definition) is 0.